The van der Waals surface area contributed by atoms with Gasteiger partial charge in [-0.15, -0.1) is 0 Å². The van der Waals surface area contributed by atoms with Gasteiger partial charge in [0.2, 0.25) is 0 Å². The van der Waals surface area contributed by atoms with Gasteiger partial charge >= 0.3 is 17.4 Å². The summed E-state index contributed by atoms with van der Waals surface area (Å²) in [4.78, 5) is 0. The molecule has 0 aromatic rings. The van der Waals surface area contributed by atoms with Gasteiger partial charge < -0.3 is 46.5 Å². The number of halogens is 4. The van der Waals surface area contributed by atoms with Gasteiger partial charge in [-0.2, -0.15) is 0 Å². The molecule has 0 radical (unpaired) electrons. The smallest absolute Gasteiger partial charge is 1.00 e. The molecule has 0 saturated heterocycles. The van der Waals surface area contributed by atoms with Gasteiger partial charge in [0.1, 0.15) is 0 Å². The zero-order valence-corrected chi connectivity index (χ0v) is 7.53. The molecule has 50 valence electrons. The van der Waals surface area contributed by atoms with Gasteiger partial charge in [0.25, 0.3) is 10.8 Å². The second-order valence-corrected chi connectivity index (χ2v) is 0.603. The maximum absolute atomic E-state index is 8.52. The average molecular weight is 218 g/mol. The van der Waals surface area contributed by atoms with Crippen molar-refractivity contribution in [3.63, 3.8) is 0 Å². The summed E-state index contributed by atoms with van der Waals surface area (Å²) in [7, 11) is -2.60. The molecule has 0 aliphatic heterocycles. The molecule has 0 aliphatic rings. The molecular formula is HAlCl4O3. The Bertz CT molecular complexity index is 16.0. The third kappa shape index (κ3) is 132. The number of hydrogen-bond acceptors (Lipinski definition) is 3. The normalized spacial score (nSPS) is 4.50. The summed E-state index contributed by atoms with van der Waals surface area (Å²) in [5.41, 5.74) is 0. The molecule has 8 heteroatoms. The van der Waals surface area contributed by atoms with Crippen molar-refractivity contribution >= 4 is 17.4 Å². The van der Waals surface area contributed by atoms with Crippen LogP contribution in [0.3, 0.4) is 0 Å². The predicted octanol–water partition coefficient (Wildman–Crippen LogP) is -12.3. The van der Waals surface area contributed by atoms with E-state index in [9.17, 15) is 0 Å². The van der Waals surface area contributed by atoms with E-state index < -0.39 is 10.8 Å². The molecule has 0 saturated carbocycles. The van der Waals surface area contributed by atoms with E-state index in [-0.39, 0.29) is 54.6 Å². The summed E-state index contributed by atoms with van der Waals surface area (Å²) in [6.45, 7) is 0. The molecule has 0 aromatic heterocycles. The van der Waals surface area contributed by atoms with Crippen LogP contribution in [0.2, 0.25) is 0 Å². The van der Waals surface area contributed by atoms with Crippen LogP contribution in [0.25, 0.3) is 0 Å². The SMILES string of the molecule is [Al+3].[Cl-].[Cl-].[Cl-].[O-][Cl+2]([O-])O. The zero-order chi connectivity index (χ0) is 3.58. The first-order chi connectivity index (χ1) is 1.73. The fourth-order valence-corrected chi connectivity index (χ4v) is 0. The molecule has 3 nitrogen and oxygen atoms in total. The van der Waals surface area contributed by atoms with Crippen molar-refractivity contribution in [3.05, 3.63) is 0 Å². The Kier molecular flexibility index (Phi) is 98.9. The second-order valence-electron chi connectivity index (χ2n) is 0.201. The Hall–Kier alpha value is 1.57. The van der Waals surface area contributed by atoms with Crippen LogP contribution in [0.5, 0.6) is 0 Å². The first-order valence-electron chi connectivity index (χ1n) is 0.478. The fourth-order valence-electron chi connectivity index (χ4n) is 0. The molecule has 0 aromatic carbocycles. The number of rotatable bonds is 0. The van der Waals surface area contributed by atoms with Crippen LogP contribution < -0.4 is 46.5 Å². The van der Waals surface area contributed by atoms with Gasteiger partial charge in [-0.25, -0.2) is 0 Å². The molecule has 0 amide bonds. The summed E-state index contributed by atoms with van der Waals surface area (Å²) in [6.07, 6.45) is 0. The van der Waals surface area contributed by atoms with Crippen LogP contribution in [-0.4, -0.2) is 22.0 Å². The van der Waals surface area contributed by atoms with E-state index in [1.807, 2.05) is 0 Å². The minimum atomic E-state index is -2.60. The molecule has 0 unspecified atom stereocenters. The topological polar surface area (TPSA) is 66.3 Å². The first-order valence-corrected chi connectivity index (χ1v) is 1.43. The maximum Gasteiger partial charge on any atom is 3.00 e. The summed E-state index contributed by atoms with van der Waals surface area (Å²) < 4.78 is 24.0. The van der Waals surface area contributed by atoms with Gasteiger partial charge in [-0.3, -0.25) is 0 Å². The van der Waals surface area contributed by atoms with Crippen LogP contribution in [0, 0.1) is 10.8 Å². The largest absolute Gasteiger partial charge is 3.00 e. The van der Waals surface area contributed by atoms with Gasteiger partial charge in [0, 0.05) is 4.66 Å². The number of hydrogen-bond donors (Lipinski definition) is 1. The van der Waals surface area contributed by atoms with E-state index >= 15 is 0 Å². The zero-order valence-electron chi connectivity index (χ0n) is 3.35. The Morgan fingerprint density at radius 1 is 1.00 bits per heavy atom. The van der Waals surface area contributed by atoms with Crippen LogP contribution in [0.15, 0.2) is 0 Å². The average Bonchev–Trinajstić information content (AvgIpc) is 0.811. The monoisotopic (exact) mass is 216 g/mol. The van der Waals surface area contributed by atoms with Crippen LogP contribution in [0.1, 0.15) is 0 Å². The predicted molar refractivity (Wildman–Crippen MR) is 7.97 cm³/mol. The van der Waals surface area contributed by atoms with Crippen molar-refractivity contribution in [1.82, 2.24) is 0 Å². The summed E-state index contributed by atoms with van der Waals surface area (Å²) in [6, 6.07) is 0. The summed E-state index contributed by atoms with van der Waals surface area (Å²) in [5.74, 6) is 0. The molecular weight excluding hydrogens is 217 g/mol. The van der Waals surface area contributed by atoms with Crippen LogP contribution in [-0.2, 0) is 0 Å². The van der Waals surface area contributed by atoms with Crippen molar-refractivity contribution in [3.8, 4) is 0 Å². The Morgan fingerprint density at radius 3 is 1.00 bits per heavy atom. The fraction of sp³-hybridized carbons (Fsp3) is 0. The third-order valence-corrected chi connectivity index (χ3v) is 0. The van der Waals surface area contributed by atoms with Crippen molar-refractivity contribution in [1.29, 1.82) is 0 Å². The molecule has 0 bridgehead atoms. The molecule has 8 heavy (non-hydrogen) atoms. The molecule has 1 N–H and O–H groups in total. The van der Waals surface area contributed by atoms with E-state index in [2.05, 4.69) is 0 Å². The van der Waals surface area contributed by atoms with Crippen LogP contribution >= 0.6 is 0 Å². The van der Waals surface area contributed by atoms with Gasteiger partial charge in [-0.05, 0) is 0 Å². The third-order valence-electron chi connectivity index (χ3n) is 0. The first kappa shape index (κ1) is 33.6. The molecule has 0 spiro atoms. The van der Waals surface area contributed by atoms with E-state index in [4.69, 9.17) is 14.0 Å². The van der Waals surface area contributed by atoms with E-state index in [0.717, 1.165) is 0 Å². The quantitative estimate of drug-likeness (QED) is 0.410. The minimum absolute atomic E-state index is 0. The summed E-state index contributed by atoms with van der Waals surface area (Å²) in [5, 5.41) is 0. The van der Waals surface area contributed by atoms with E-state index in [0.29, 0.717) is 0 Å². The van der Waals surface area contributed by atoms with Gasteiger partial charge in [-0.1, -0.05) is 0 Å². The van der Waals surface area contributed by atoms with Gasteiger partial charge in [0.15, 0.2) is 0 Å². The molecule has 0 atom stereocenters. The van der Waals surface area contributed by atoms with Crippen molar-refractivity contribution < 1.29 is 62.0 Å². The van der Waals surface area contributed by atoms with Crippen LogP contribution in [0.4, 0.5) is 0 Å². The maximum atomic E-state index is 8.52. The standard InChI is InChI=1S/Al.ClHO3.3ClH/c;2-1(3)4;;;/h;2H;3*1H/q+3;;;;/p-3. The Morgan fingerprint density at radius 2 is 1.00 bits per heavy atom. The molecule has 0 rings (SSSR count). The molecule has 0 heterocycles. The Labute approximate surface area is 79.2 Å². The molecule has 0 aliphatic carbocycles. The van der Waals surface area contributed by atoms with Crippen molar-refractivity contribution in [2.45, 2.75) is 0 Å². The summed E-state index contributed by atoms with van der Waals surface area (Å²) >= 11 is 0. The van der Waals surface area contributed by atoms with Crippen molar-refractivity contribution in [2.75, 3.05) is 0 Å². The van der Waals surface area contributed by atoms with E-state index in [1.165, 1.54) is 0 Å². The molecule has 0 fully saturated rings. The minimum Gasteiger partial charge on any atom is -1.00 e. The van der Waals surface area contributed by atoms with E-state index in [1.54, 1.807) is 0 Å². The Balaban J connectivity index is -0.00000000750. The second kappa shape index (κ2) is 23.5. The van der Waals surface area contributed by atoms with Crippen molar-refractivity contribution in [2.24, 2.45) is 0 Å². The van der Waals surface area contributed by atoms with Gasteiger partial charge in [0.05, 0.1) is 0 Å².